The molecule has 21 heavy (non-hydrogen) atoms. The molecule has 0 bridgehead atoms. The van der Waals surface area contributed by atoms with E-state index in [1.807, 2.05) is 24.4 Å². The molecule has 1 aliphatic carbocycles. The van der Waals surface area contributed by atoms with Crippen LogP contribution in [0.3, 0.4) is 0 Å². The molecule has 1 aromatic heterocycles. The van der Waals surface area contributed by atoms with Crippen LogP contribution in [0.25, 0.3) is 10.9 Å². The van der Waals surface area contributed by atoms with Crippen LogP contribution in [0.1, 0.15) is 25.8 Å². The molecule has 2 aromatic rings. The van der Waals surface area contributed by atoms with Crippen molar-refractivity contribution >= 4 is 16.8 Å². The number of rotatable bonds is 5. The van der Waals surface area contributed by atoms with Crippen molar-refractivity contribution in [3.05, 3.63) is 36.0 Å². The maximum absolute atomic E-state index is 12.1. The van der Waals surface area contributed by atoms with Crippen LogP contribution in [0.5, 0.6) is 0 Å². The minimum absolute atomic E-state index is 0.0528. The minimum Gasteiger partial charge on any atom is -0.361 e. The van der Waals surface area contributed by atoms with E-state index in [9.17, 15) is 4.79 Å². The highest BCUT2D eigenvalue weighted by atomic mass is 16.2. The zero-order valence-electron chi connectivity index (χ0n) is 12.6. The summed E-state index contributed by atoms with van der Waals surface area (Å²) in [6, 6.07) is 7.58. The molecule has 0 radical (unpaired) electrons. The van der Waals surface area contributed by atoms with Gasteiger partial charge >= 0.3 is 0 Å². The molecule has 3 rings (SSSR count). The number of hydrogen-bond acceptors (Lipinski definition) is 2. The number of nitrogens with one attached hydrogen (secondary N) is 2. The fraction of sp³-hybridized carbons (Fsp3) is 0.471. The van der Waals surface area contributed by atoms with Crippen molar-refractivity contribution in [2.75, 3.05) is 6.54 Å². The second-order valence-electron chi connectivity index (χ2n) is 6.80. The summed E-state index contributed by atoms with van der Waals surface area (Å²) in [6.07, 6.45) is 3.69. The van der Waals surface area contributed by atoms with E-state index in [1.54, 1.807) is 0 Å². The first-order valence-corrected chi connectivity index (χ1v) is 7.55. The van der Waals surface area contributed by atoms with Gasteiger partial charge in [-0.2, -0.15) is 0 Å². The summed E-state index contributed by atoms with van der Waals surface area (Å²) in [4.78, 5) is 15.3. The summed E-state index contributed by atoms with van der Waals surface area (Å²) in [5.74, 6) is 0.546. The Morgan fingerprint density at radius 3 is 2.90 bits per heavy atom. The zero-order valence-corrected chi connectivity index (χ0v) is 12.6. The number of aromatic nitrogens is 1. The van der Waals surface area contributed by atoms with Crippen LogP contribution in [0.15, 0.2) is 30.5 Å². The Kier molecular flexibility index (Phi) is 3.49. The third-order valence-corrected chi connectivity index (χ3v) is 4.69. The number of aromatic amines is 1. The smallest absolute Gasteiger partial charge is 0.237 e. The van der Waals surface area contributed by atoms with Crippen molar-refractivity contribution in [2.45, 2.75) is 32.7 Å². The zero-order chi connectivity index (χ0) is 15.0. The number of carbonyl (C=O) groups is 1. The molecule has 1 aromatic carbocycles. The van der Waals surface area contributed by atoms with Gasteiger partial charge in [-0.25, -0.2) is 0 Å². The standard InChI is InChI=1S/C17H23N3O/c1-17(2)8-12(17)10-20-16(21)14(18)7-11-9-19-15-6-4-3-5-13(11)15/h3-6,9,12,14,19H,7-8,10,18H2,1-2H3,(H,20,21). The summed E-state index contributed by atoms with van der Waals surface area (Å²) < 4.78 is 0. The quantitative estimate of drug-likeness (QED) is 0.788. The first kappa shape index (κ1) is 14.1. The Balaban J connectivity index is 1.58. The van der Waals surface area contributed by atoms with Crippen LogP contribution in [-0.2, 0) is 11.2 Å². The molecule has 1 heterocycles. The number of amides is 1. The monoisotopic (exact) mass is 285 g/mol. The fourth-order valence-corrected chi connectivity index (χ4v) is 2.91. The van der Waals surface area contributed by atoms with Gasteiger partial charge in [0.25, 0.3) is 0 Å². The molecule has 4 nitrogen and oxygen atoms in total. The van der Waals surface area contributed by atoms with Crippen LogP contribution in [-0.4, -0.2) is 23.5 Å². The largest absolute Gasteiger partial charge is 0.361 e. The second kappa shape index (κ2) is 5.19. The van der Waals surface area contributed by atoms with Gasteiger partial charge in [0.1, 0.15) is 0 Å². The van der Waals surface area contributed by atoms with E-state index in [0.717, 1.165) is 23.0 Å². The normalized spacial score (nSPS) is 21.2. The predicted molar refractivity (Wildman–Crippen MR) is 84.9 cm³/mol. The topological polar surface area (TPSA) is 70.9 Å². The Morgan fingerprint density at radius 1 is 1.48 bits per heavy atom. The summed E-state index contributed by atoms with van der Waals surface area (Å²) in [5.41, 5.74) is 8.61. The van der Waals surface area contributed by atoms with Crippen LogP contribution in [0.2, 0.25) is 0 Å². The van der Waals surface area contributed by atoms with E-state index in [1.165, 1.54) is 6.42 Å². The lowest BCUT2D eigenvalue weighted by molar-refractivity contribution is -0.122. The number of para-hydroxylation sites is 1. The predicted octanol–water partition coefficient (Wildman–Crippen LogP) is 2.20. The molecule has 0 aliphatic heterocycles. The molecule has 1 fully saturated rings. The van der Waals surface area contributed by atoms with E-state index in [2.05, 4.69) is 30.2 Å². The molecule has 0 saturated heterocycles. The van der Waals surface area contributed by atoms with Gasteiger partial charge in [-0.15, -0.1) is 0 Å². The first-order chi connectivity index (χ1) is 9.97. The lowest BCUT2D eigenvalue weighted by Crippen LogP contribution is -2.42. The SMILES string of the molecule is CC1(C)CC1CNC(=O)C(N)Cc1c[nH]c2ccccc12. The van der Waals surface area contributed by atoms with Gasteiger partial charge in [-0.05, 0) is 35.8 Å². The van der Waals surface area contributed by atoms with Gasteiger partial charge in [0, 0.05) is 23.6 Å². The highest BCUT2D eigenvalue weighted by Crippen LogP contribution is 2.50. The van der Waals surface area contributed by atoms with Gasteiger partial charge in [0.15, 0.2) is 0 Å². The Bertz CT molecular complexity index is 659. The van der Waals surface area contributed by atoms with Gasteiger partial charge in [0.05, 0.1) is 6.04 Å². The molecule has 2 unspecified atom stereocenters. The molecule has 1 amide bonds. The van der Waals surface area contributed by atoms with Crippen molar-refractivity contribution in [1.29, 1.82) is 0 Å². The van der Waals surface area contributed by atoms with Crippen LogP contribution in [0, 0.1) is 11.3 Å². The summed E-state index contributed by atoms with van der Waals surface area (Å²) >= 11 is 0. The highest BCUT2D eigenvalue weighted by Gasteiger charge is 2.45. The Labute approximate surface area is 125 Å². The van der Waals surface area contributed by atoms with Crippen molar-refractivity contribution in [3.8, 4) is 0 Å². The molecular formula is C17H23N3O. The van der Waals surface area contributed by atoms with Crippen molar-refractivity contribution in [2.24, 2.45) is 17.1 Å². The number of carbonyl (C=O) groups excluding carboxylic acids is 1. The van der Waals surface area contributed by atoms with E-state index < -0.39 is 6.04 Å². The number of benzene rings is 1. The maximum Gasteiger partial charge on any atom is 0.237 e. The van der Waals surface area contributed by atoms with Crippen molar-refractivity contribution < 1.29 is 4.79 Å². The van der Waals surface area contributed by atoms with E-state index >= 15 is 0 Å². The molecule has 4 N–H and O–H groups in total. The number of hydrogen-bond donors (Lipinski definition) is 3. The Hall–Kier alpha value is -1.81. The lowest BCUT2D eigenvalue weighted by Gasteiger charge is -2.12. The van der Waals surface area contributed by atoms with E-state index in [0.29, 0.717) is 17.8 Å². The third kappa shape index (κ3) is 2.95. The van der Waals surface area contributed by atoms with Gasteiger partial charge in [0.2, 0.25) is 5.91 Å². The molecule has 1 saturated carbocycles. The summed E-state index contributed by atoms with van der Waals surface area (Å²) in [5, 5.41) is 4.13. The van der Waals surface area contributed by atoms with Crippen molar-refractivity contribution in [1.82, 2.24) is 10.3 Å². The summed E-state index contributed by atoms with van der Waals surface area (Å²) in [7, 11) is 0. The number of nitrogens with two attached hydrogens (primary N) is 1. The highest BCUT2D eigenvalue weighted by molar-refractivity contribution is 5.86. The van der Waals surface area contributed by atoms with E-state index in [-0.39, 0.29) is 5.91 Å². The maximum atomic E-state index is 12.1. The third-order valence-electron chi connectivity index (χ3n) is 4.69. The lowest BCUT2D eigenvalue weighted by atomic mass is 10.0. The molecule has 2 atom stereocenters. The molecule has 0 spiro atoms. The minimum atomic E-state index is -0.494. The van der Waals surface area contributed by atoms with Crippen LogP contribution >= 0.6 is 0 Å². The first-order valence-electron chi connectivity index (χ1n) is 7.55. The molecule has 112 valence electrons. The molecule has 1 aliphatic rings. The van der Waals surface area contributed by atoms with Crippen molar-refractivity contribution in [3.63, 3.8) is 0 Å². The van der Waals surface area contributed by atoms with Gasteiger partial charge in [-0.3, -0.25) is 4.79 Å². The number of H-pyrrole nitrogens is 1. The van der Waals surface area contributed by atoms with Gasteiger partial charge < -0.3 is 16.0 Å². The average molecular weight is 285 g/mol. The fourth-order valence-electron chi connectivity index (χ4n) is 2.91. The van der Waals surface area contributed by atoms with Gasteiger partial charge in [-0.1, -0.05) is 32.0 Å². The molecular weight excluding hydrogens is 262 g/mol. The molecule has 4 heteroatoms. The number of fused-ring (bicyclic) bond motifs is 1. The second-order valence-corrected chi connectivity index (χ2v) is 6.80. The van der Waals surface area contributed by atoms with E-state index in [4.69, 9.17) is 5.73 Å². The Morgan fingerprint density at radius 2 is 2.19 bits per heavy atom. The van der Waals surface area contributed by atoms with Crippen LogP contribution < -0.4 is 11.1 Å². The summed E-state index contributed by atoms with van der Waals surface area (Å²) in [6.45, 7) is 5.21. The van der Waals surface area contributed by atoms with Crippen LogP contribution in [0.4, 0.5) is 0 Å². The average Bonchev–Trinajstić information content (AvgIpc) is 2.89.